The third kappa shape index (κ3) is 3.42. The number of amides is 1. The highest BCUT2D eigenvalue weighted by atomic mass is 16.2. The van der Waals surface area contributed by atoms with E-state index in [1.807, 2.05) is 56.3 Å². The molecule has 0 fully saturated rings. The number of hydrogen-bond acceptors (Lipinski definition) is 5. The van der Waals surface area contributed by atoms with Crippen molar-refractivity contribution in [2.24, 2.45) is 0 Å². The van der Waals surface area contributed by atoms with E-state index >= 15 is 0 Å². The Kier molecular flexibility index (Phi) is 4.61. The Morgan fingerprint density at radius 1 is 1.08 bits per heavy atom. The second-order valence-electron chi connectivity index (χ2n) is 6.21. The minimum absolute atomic E-state index is 0.0938. The summed E-state index contributed by atoms with van der Waals surface area (Å²) in [6.07, 6.45) is 3.37. The van der Waals surface area contributed by atoms with Gasteiger partial charge in [0, 0.05) is 45.5 Å². The SMILES string of the molecule is Cc1nc(N(C)C)ncc1C(=O)N(C)Cc1cccc2ncccc12. The first-order chi connectivity index (χ1) is 12.0. The van der Waals surface area contributed by atoms with Crippen molar-refractivity contribution in [1.82, 2.24) is 19.9 Å². The molecule has 1 aromatic carbocycles. The van der Waals surface area contributed by atoms with Crippen molar-refractivity contribution in [2.45, 2.75) is 13.5 Å². The van der Waals surface area contributed by atoms with Crippen LogP contribution in [0.2, 0.25) is 0 Å². The van der Waals surface area contributed by atoms with E-state index in [-0.39, 0.29) is 5.91 Å². The van der Waals surface area contributed by atoms with Gasteiger partial charge in [-0.2, -0.15) is 0 Å². The Bertz CT molecular complexity index is 917. The lowest BCUT2D eigenvalue weighted by molar-refractivity contribution is 0.0784. The summed E-state index contributed by atoms with van der Waals surface area (Å²) in [5, 5.41) is 1.06. The molecular weight excluding hydrogens is 314 g/mol. The van der Waals surface area contributed by atoms with Crippen LogP contribution in [0.4, 0.5) is 5.95 Å². The highest BCUT2D eigenvalue weighted by molar-refractivity contribution is 5.95. The fourth-order valence-corrected chi connectivity index (χ4v) is 2.72. The molecule has 3 aromatic rings. The first-order valence-corrected chi connectivity index (χ1v) is 8.06. The fraction of sp³-hybridized carbons (Fsp3) is 0.263. The molecule has 128 valence electrons. The van der Waals surface area contributed by atoms with Gasteiger partial charge in [0.25, 0.3) is 5.91 Å². The number of fused-ring (bicyclic) bond motifs is 1. The number of hydrogen-bond donors (Lipinski definition) is 0. The number of pyridine rings is 1. The maximum atomic E-state index is 12.8. The molecule has 2 heterocycles. The predicted octanol–water partition coefficient (Wildman–Crippen LogP) is 2.67. The van der Waals surface area contributed by atoms with Gasteiger partial charge in [-0.25, -0.2) is 9.97 Å². The third-order valence-corrected chi connectivity index (χ3v) is 4.09. The standard InChI is InChI=1S/C19H21N5O/c1-13-16(11-21-19(22-13)23(2)3)18(25)24(4)12-14-7-5-9-17-15(14)8-6-10-20-17/h5-11H,12H2,1-4H3. The maximum Gasteiger partial charge on any atom is 0.257 e. The van der Waals surface area contributed by atoms with Crippen LogP contribution in [0.1, 0.15) is 21.6 Å². The molecule has 0 atom stereocenters. The van der Waals surface area contributed by atoms with Crippen LogP contribution in [0.15, 0.2) is 42.7 Å². The largest absolute Gasteiger partial charge is 0.347 e. The molecule has 0 bridgehead atoms. The van der Waals surface area contributed by atoms with Gasteiger partial charge in [0.15, 0.2) is 0 Å². The fourth-order valence-electron chi connectivity index (χ4n) is 2.72. The van der Waals surface area contributed by atoms with Gasteiger partial charge in [0.1, 0.15) is 0 Å². The van der Waals surface area contributed by atoms with E-state index in [4.69, 9.17) is 0 Å². The van der Waals surface area contributed by atoms with E-state index in [0.717, 1.165) is 16.5 Å². The smallest absolute Gasteiger partial charge is 0.257 e. The summed E-state index contributed by atoms with van der Waals surface area (Å²) in [6, 6.07) is 9.88. The zero-order valence-corrected chi connectivity index (χ0v) is 14.9. The first kappa shape index (κ1) is 16.8. The molecule has 6 nitrogen and oxygen atoms in total. The molecule has 0 spiro atoms. The van der Waals surface area contributed by atoms with Crippen LogP contribution < -0.4 is 4.90 Å². The van der Waals surface area contributed by atoms with Crippen LogP contribution in [0, 0.1) is 6.92 Å². The van der Waals surface area contributed by atoms with E-state index in [0.29, 0.717) is 23.8 Å². The van der Waals surface area contributed by atoms with Crippen LogP contribution in [0.3, 0.4) is 0 Å². The molecule has 0 unspecified atom stereocenters. The Balaban J connectivity index is 1.85. The lowest BCUT2D eigenvalue weighted by atomic mass is 10.1. The summed E-state index contributed by atoms with van der Waals surface area (Å²) >= 11 is 0. The zero-order valence-electron chi connectivity index (χ0n) is 14.9. The molecule has 6 heteroatoms. The van der Waals surface area contributed by atoms with E-state index in [2.05, 4.69) is 15.0 Å². The van der Waals surface area contributed by atoms with Gasteiger partial charge >= 0.3 is 0 Å². The van der Waals surface area contributed by atoms with Crippen molar-refractivity contribution in [2.75, 3.05) is 26.0 Å². The maximum absolute atomic E-state index is 12.8. The zero-order chi connectivity index (χ0) is 18.0. The van der Waals surface area contributed by atoms with Gasteiger partial charge < -0.3 is 9.80 Å². The van der Waals surface area contributed by atoms with E-state index in [9.17, 15) is 4.79 Å². The van der Waals surface area contributed by atoms with Gasteiger partial charge in [0.2, 0.25) is 5.95 Å². The van der Waals surface area contributed by atoms with Gasteiger partial charge in [-0.05, 0) is 24.6 Å². The van der Waals surface area contributed by atoms with Gasteiger partial charge in [0.05, 0.1) is 16.8 Å². The summed E-state index contributed by atoms with van der Waals surface area (Å²) in [4.78, 5) is 29.3. The Labute approximate surface area is 147 Å². The van der Waals surface area contributed by atoms with Crippen molar-refractivity contribution in [3.63, 3.8) is 0 Å². The second-order valence-corrected chi connectivity index (χ2v) is 6.21. The number of carbonyl (C=O) groups is 1. The minimum atomic E-state index is -0.0938. The molecule has 0 aliphatic heterocycles. The summed E-state index contributed by atoms with van der Waals surface area (Å²) in [5.41, 5.74) is 3.18. The number of anilines is 1. The minimum Gasteiger partial charge on any atom is -0.347 e. The average molecular weight is 335 g/mol. The van der Waals surface area contributed by atoms with Crippen LogP contribution in [-0.4, -0.2) is 46.9 Å². The number of rotatable bonds is 4. The molecule has 25 heavy (non-hydrogen) atoms. The summed E-state index contributed by atoms with van der Waals surface area (Å²) in [7, 11) is 5.53. The Morgan fingerprint density at radius 3 is 2.60 bits per heavy atom. The second kappa shape index (κ2) is 6.84. The third-order valence-electron chi connectivity index (χ3n) is 4.09. The quantitative estimate of drug-likeness (QED) is 0.733. The normalized spacial score (nSPS) is 10.7. The lowest BCUT2D eigenvalue weighted by Crippen LogP contribution is -2.28. The van der Waals surface area contributed by atoms with E-state index in [1.165, 1.54) is 0 Å². The molecule has 0 aliphatic rings. The van der Waals surface area contributed by atoms with Gasteiger partial charge in [-0.15, -0.1) is 0 Å². The van der Waals surface area contributed by atoms with Crippen LogP contribution in [0.5, 0.6) is 0 Å². The van der Waals surface area contributed by atoms with Crippen molar-refractivity contribution in [1.29, 1.82) is 0 Å². The molecule has 3 rings (SSSR count). The van der Waals surface area contributed by atoms with Crippen molar-refractivity contribution in [3.8, 4) is 0 Å². The van der Waals surface area contributed by atoms with E-state index < -0.39 is 0 Å². The Hall–Kier alpha value is -3.02. The molecule has 0 aliphatic carbocycles. The summed E-state index contributed by atoms with van der Waals surface area (Å²) < 4.78 is 0. The number of benzene rings is 1. The number of aryl methyl sites for hydroxylation is 1. The number of carbonyl (C=O) groups excluding carboxylic acids is 1. The lowest BCUT2D eigenvalue weighted by Gasteiger charge is -2.19. The number of aromatic nitrogens is 3. The molecule has 2 aromatic heterocycles. The molecule has 0 saturated carbocycles. The molecule has 0 N–H and O–H groups in total. The highest BCUT2D eigenvalue weighted by Gasteiger charge is 2.17. The van der Waals surface area contributed by atoms with Gasteiger partial charge in [-0.3, -0.25) is 9.78 Å². The topological polar surface area (TPSA) is 62.2 Å². The molecule has 1 amide bonds. The van der Waals surface area contributed by atoms with Crippen molar-refractivity contribution >= 4 is 22.8 Å². The Morgan fingerprint density at radius 2 is 1.88 bits per heavy atom. The van der Waals surface area contributed by atoms with Crippen molar-refractivity contribution < 1.29 is 4.79 Å². The molecule has 0 saturated heterocycles. The molecule has 0 radical (unpaired) electrons. The van der Waals surface area contributed by atoms with Crippen molar-refractivity contribution in [3.05, 3.63) is 59.5 Å². The monoisotopic (exact) mass is 335 g/mol. The van der Waals surface area contributed by atoms with Crippen LogP contribution in [0.25, 0.3) is 10.9 Å². The first-order valence-electron chi connectivity index (χ1n) is 8.06. The predicted molar refractivity (Wildman–Crippen MR) is 98.6 cm³/mol. The molecular formula is C19H21N5O. The summed E-state index contributed by atoms with van der Waals surface area (Å²) in [6.45, 7) is 2.33. The average Bonchev–Trinajstić information content (AvgIpc) is 2.61. The van der Waals surface area contributed by atoms with Crippen LogP contribution >= 0.6 is 0 Å². The van der Waals surface area contributed by atoms with E-state index in [1.54, 1.807) is 24.3 Å². The van der Waals surface area contributed by atoms with Gasteiger partial charge in [-0.1, -0.05) is 18.2 Å². The summed E-state index contributed by atoms with van der Waals surface area (Å²) in [5.74, 6) is 0.500. The highest BCUT2D eigenvalue weighted by Crippen LogP contribution is 2.19. The number of nitrogens with zero attached hydrogens (tertiary/aromatic N) is 5. The van der Waals surface area contributed by atoms with Crippen LogP contribution in [-0.2, 0) is 6.54 Å².